The summed E-state index contributed by atoms with van der Waals surface area (Å²) in [5, 5.41) is 11.7. The van der Waals surface area contributed by atoms with Gasteiger partial charge in [-0.15, -0.1) is 0 Å². The Morgan fingerprint density at radius 3 is 2.67 bits per heavy atom. The second-order valence-corrected chi connectivity index (χ2v) is 8.04. The highest BCUT2D eigenvalue weighted by Crippen LogP contribution is 2.22. The van der Waals surface area contributed by atoms with Gasteiger partial charge in [0.2, 0.25) is 0 Å². The van der Waals surface area contributed by atoms with E-state index in [-0.39, 0.29) is 18.1 Å². The van der Waals surface area contributed by atoms with E-state index in [9.17, 15) is 13.2 Å². The number of aromatic nitrogens is 1. The maximum absolute atomic E-state index is 11.6. The topological polar surface area (TPSA) is 110 Å². The number of nitrogens with one attached hydrogen (secondary N) is 1. The number of aromatic carboxylic acids is 1. The van der Waals surface area contributed by atoms with Gasteiger partial charge in [-0.2, -0.15) is 4.98 Å². The largest absolute Gasteiger partial charge is 0.478 e. The Labute approximate surface area is 121 Å². The fraction of sp³-hybridized carbons (Fsp3) is 0.385. The molecule has 0 bridgehead atoms. The van der Waals surface area contributed by atoms with Crippen LogP contribution in [-0.2, 0) is 9.84 Å². The van der Waals surface area contributed by atoms with Crippen LogP contribution in [0.15, 0.2) is 22.6 Å². The van der Waals surface area contributed by atoms with E-state index in [2.05, 4.69) is 10.3 Å². The maximum atomic E-state index is 11.6. The van der Waals surface area contributed by atoms with Gasteiger partial charge >= 0.3 is 5.97 Å². The van der Waals surface area contributed by atoms with Crippen LogP contribution in [0.3, 0.4) is 0 Å². The summed E-state index contributed by atoms with van der Waals surface area (Å²) in [5.41, 5.74) is 0.927. The molecule has 2 aromatic rings. The third-order valence-electron chi connectivity index (χ3n) is 3.30. The van der Waals surface area contributed by atoms with Gasteiger partial charge in [0.1, 0.15) is 5.52 Å². The molecule has 0 fully saturated rings. The molecule has 0 saturated heterocycles. The number of nitrogens with zero attached hydrogens (tertiary/aromatic N) is 1. The van der Waals surface area contributed by atoms with Crippen LogP contribution in [0.1, 0.15) is 24.2 Å². The van der Waals surface area contributed by atoms with E-state index in [0.717, 1.165) is 0 Å². The van der Waals surface area contributed by atoms with E-state index in [1.807, 2.05) is 0 Å². The molecule has 0 atom stereocenters. The molecule has 2 N–H and O–H groups in total. The molecule has 21 heavy (non-hydrogen) atoms. The van der Waals surface area contributed by atoms with Crippen molar-refractivity contribution < 1.29 is 22.7 Å². The number of carbonyl (C=O) groups is 1. The monoisotopic (exact) mass is 312 g/mol. The summed E-state index contributed by atoms with van der Waals surface area (Å²) in [6.45, 7) is 3.32. The molecule has 0 aliphatic carbocycles. The van der Waals surface area contributed by atoms with Crippen molar-refractivity contribution >= 4 is 32.9 Å². The predicted octanol–water partition coefficient (Wildman–Crippen LogP) is 1.76. The number of hydrogen-bond acceptors (Lipinski definition) is 6. The number of hydrogen-bond donors (Lipinski definition) is 2. The highest BCUT2D eigenvalue weighted by atomic mass is 32.2. The molecular formula is C13H16N2O5S. The van der Waals surface area contributed by atoms with E-state index < -0.39 is 20.6 Å². The quantitative estimate of drug-likeness (QED) is 0.865. The van der Waals surface area contributed by atoms with Gasteiger partial charge in [-0.05, 0) is 32.0 Å². The molecule has 1 aromatic heterocycles. The minimum Gasteiger partial charge on any atom is -0.478 e. The average molecular weight is 312 g/mol. The van der Waals surface area contributed by atoms with E-state index in [1.54, 1.807) is 13.8 Å². The summed E-state index contributed by atoms with van der Waals surface area (Å²) in [4.78, 5) is 15.0. The smallest absolute Gasteiger partial charge is 0.335 e. The van der Waals surface area contributed by atoms with Crippen LogP contribution in [0.4, 0.5) is 6.01 Å². The third kappa shape index (κ3) is 3.15. The Morgan fingerprint density at radius 1 is 1.43 bits per heavy atom. The SMILES string of the molecule is CC(C)(CNc1nc2ccc(C(=O)O)cc2o1)S(C)(=O)=O. The van der Waals surface area contributed by atoms with Crippen LogP contribution in [0.2, 0.25) is 0 Å². The van der Waals surface area contributed by atoms with Gasteiger partial charge in [-0.25, -0.2) is 13.2 Å². The number of oxazole rings is 1. The minimum absolute atomic E-state index is 0.0988. The normalized spacial score (nSPS) is 12.5. The lowest BCUT2D eigenvalue weighted by Crippen LogP contribution is -2.38. The van der Waals surface area contributed by atoms with Crippen LogP contribution >= 0.6 is 0 Å². The summed E-state index contributed by atoms with van der Waals surface area (Å²) in [6.07, 6.45) is 1.17. The van der Waals surface area contributed by atoms with Gasteiger partial charge < -0.3 is 14.8 Å². The van der Waals surface area contributed by atoms with E-state index >= 15 is 0 Å². The zero-order valence-corrected chi connectivity index (χ0v) is 12.7. The summed E-state index contributed by atoms with van der Waals surface area (Å²) in [7, 11) is -3.23. The lowest BCUT2D eigenvalue weighted by atomic mass is 10.2. The molecular weight excluding hydrogens is 296 g/mol. The van der Waals surface area contributed by atoms with Crippen molar-refractivity contribution in [2.45, 2.75) is 18.6 Å². The molecule has 2 rings (SSSR count). The van der Waals surface area contributed by atoms with E-state index in [4.69, 9.17) is 9.52 Å². The predicted molar refractivity (Wildman–Crippen MR) is 78.4 cm³/mol. The fourth-order valence-corrected chi connectivity index (χ4v) is 1.89. The fourth-order valence-electron chi connectivity index (χ4n) is 1.55. The maximum Gasteiger partial charge on any atom is 0.335 e. The van der Waals surface area contributed by atoms with Crippen molar-refractivity contribution in [3.63, 3.8) is 0 Å². The third-order valence-corrected chi connectivity index (χ3v) is 5.46. The molecule has 0 aliphatic rings. The van der Waals surface area contributed by atoms with Crippen LogP contribution in [0.25, 0.3) is 11.1 Å². The first-order valence-corrected chi connectivity index (χ1v) is 8.07. The number of carboxylic acid groups (broad SMARTS) is 1. The van der Waals surface area contributed by atoms with Crippen LogP contribution in [0, 0.1) is 0 Å². The standard InChI is InChI=1S/C13H16N2O5S/c1-13(2,21(3,18)19)7-14-12-15-9-5-4-8(11(16)17)6-10(9)20-12/h4-6H,7H2,1-3H3,(H,14,15)(H,16,17). The highest BCUT2D eigenvalue weighted by molar-refractivity contribution is 7.92. The van der Waals surface area contributed by atoms with Crippen molar-refractivity contribution in [2.75, 3.05) is 18.1 Å². The molecule has 0 saturated carbocycles. The zero-order chi connectivity index (χ0) is 15.8. The van der Waals surface area contributed by atoms with Crippen LogP contribution in [-0.4, -0.2) is 42.0 Å². The molecule has 114 valence electrons. The number of benzene rings is 1. The molecule has 0 aliphatic heterocycles. The molecule has 0 spiro atoms. The molecule has 8 heteroatoms. The molecule has 1 heterocycles. The van der Waals surface area contributed by atoms with Crippen molar-refractivity contribution in [3.05, 3.63) is 23.8 Å². The summed E-state index contributed by atoms with van der Waals surface area (Å²) >= 11 is 0. The zero-order valence-electron chi connectivity index (χ0n) is 11.9. The Kier molecular flexibility index (Phi) is 3.66. The number of carboxylic acids is 1. The number of anilines is 1. The average Bonchev–Trinajstić information content (AvgIpc) is 2.76. The van der Waals surface area contributed by atoms with Gasteiger partial charge in [0, 0.05) is 12.8 Å². The molecule has 1 aromatic carbocycles. The first kappa shape index (κ1) is 15.3. The van der Waals surface area contributed by atoms with Crippen LogP contribution < -0.4 is 5.32 Å². The second-order valence-electron chi connectivity index (χ2n) is 5.39. The summed E-state index contributed by atoms with van der Waals surface area (Å²) in [5.74, 6) is -1.05. The van der Waals surface area contributed by atoms with Gasteiger partial charge in [-0.3, -0.25) is 0 Å². The van der Waals surface area contributed by atoms with Crippen molar-refractivity contribution in [3.8, 4) is 0 Å². The lowest BCUT2D eigenvalue weighted by Gasteiger charge is -2.21. The highest BCUT2D eigenvalue weighted by Gasteiger charge is 2.30. The molecule has 0 radical (unpaired) electrons. The van der Waals surface area contributed by atoms with Gasteiger partial charge in [0.15, 0.2) is 15.4 Å². The van der Waals surface area contributed by atoms with Crippen molar-refractivity contribution in [1.82, 2.24) is 4.98 Å². The number of fused-ring (bicyclic) bond motifs is 1. The number of rotatable bonds is 5. The lowest BCUT2D eigenvalue weighted by molar-refractivity contribution is 0.0697. The van der Waals surface area contributed by atoms with Crippen molar-refractivity contribution in [1.29, 1.82) is 0 Å². The Bertz CT molecular complexity index is 792. The molecule has 0 unspecified atom stereocenters. The Hall–Kier alpha value is -2.09. The van der Waals surface area contributed by atoms with E-state index in [1.165, 1.54) is 24.5 Å². The van der Waals surface area contributed by atoms with Crippen molar-refractivity contribution in [2.24, 2.45) is 0 Å². The Morgan fingerprint density at radius 2 is 2.10 bits per heavy atom. The molecule has 0 amide bonds. The van der Waals surface area contributed by atoms with Crippen LogP contribution in [0.5, 0.6) is 0 Å². The number of sulfone groups is 1. The van der Waals surface area contributed by atoms with Gasteiger partial charge in [0.05, 0.1) is 10.3 Å². The minimum atomic E-state index is -3.23. The first-order chi connectivity index (χ1) is 9.60. The second kappa shape index (κ2) is 5.03. The van der Waals surface area contributed by atoms with Gasteiger partial charge in [-0.1, -0.05) is 0 Å². The summed E-state index contributed by atoms with van der Waals surface area (Å²) in [6, 6.07) is 4.49. The Balaban J connectivity index is 2.23. The van der Waals surface area contributed by atoms with Gasteiger partial charge in [0.25, 0.3) is 6.01 Å². The van der Waals surface area contributed by atoms with E-state index in [0.29, 0.717) is 11.1 Å². The molecule has 7 nitrogen and oxygen atoms in total. The first-order valence-electron chi connectivity index (χ1n) is 6.17. The summed E-state index contributed by atoms with van der Waals surface area (Å²) < 4.78 is 27.6.